The van der Waals surface area contributed by atoms with Gasteiger partial charge in [-0.25, -0.2) is 9.97 Å². The first-order valence-electron chi connectivity index (χ1n) is 9.94. The van der Waals surface area contributed by atoms with Gasteiger partial charge in [-0.2, -0.15) is 10.4 Å². The van der Waals surface area contributed by atoms with Crippen LogP contribution in [0.5, 0.6) is 0 Å². The van der Waals surface area contributed by atoms with Crippen LogP contribution in [0.2, 0.25) is 0 Å². The van der Waals surface area contributed by atoms with Crippen molar-refractivity contribution < 1.29 is 4.79 Å². The topological polar surface area (TPSA) is 99.7 Å². The molecule has 0 saturated carbocycles. The van der Waals surface area contributed by atoms with E-state index < -0.39 is 5.54 Å². The molecular formula is C22H27N7O. The molecule has 30 heavy (non-hydrogen) atoms. The fraction of sp³-hybridized carbons (Fsp3) is 0.409. The number of nitrogens with zero attached hydrogens (tertiary/aromatic N) is 6. The number of amides is 1. The molecule has 0 bridgehead atoms. The summed E-state index contributed by atoms with van der Waals surface area (Å²) in [7, 11) is 0. The zero-order chi connectivity index (χ0) is 21.9. The number of hydrogen-bond acceptors (Lipinski definition) is 6. The highest BCUT2D eigenvalue weighted by molar-refractivity contribution is 5.92. The number of hydrogen-bond donors (Lipinski definition) is 1. The summed E-state index contributed by atoms with van der Waals surface area (Å²) >= 11 is 0. The predicted molar refractivity (Wildman–Crippen MR) is 116 cm³/mol. The van der Waals surface area contributed by atoms with Gasteiger partial charge >= 0.3 is 0 Å². The zero-order valence-electron chi connectivity index (χ0n) is 17.9. The van der Waals surface area contributed by atoms with Crippen LogP contribution in [0.1, 0.15) is 48.9 Å². The monoisotopic (exact) mass is 405 g/mol. The lowest BCUT2D eigenvalue weighted by molar-refractivity contribution is 0.0937. The van der Waals surface area contributed by atoms with Gasteiger partial charge in [0, 0.05) is 30.9 Å². The van der Waals surface area contributed by atoms with Crippen molar-refractivity contribution in [3.05, 3.63) is 54.3 Å². The summed E-state index contributed by atoms with van der Waals surface area (Å²) in [5.74, 6) is 0.432. The minimum absolute atomic E-state index is 0.0348. The number of carbonyl (C=O) groups excluding carboxylic acids is 1. The van der Waals surface area contributed by atoms with E-state index in [9.17, 15) is 10.1 Å². The molecule has 0 atom stereocenters. The number of allylic oxidation sites excluding steroid dienone is 3. The lowest BCUT2D eigenvalue weighted by Crippen LogP contribution is -2.63. The molecule has 1 aliphatic rings. The lowest BCUT2D eigenvalue weighted by Gasteiger charge is -2.49. The fourth-order valence-corrected chi connectivity index (χ4v) is 3.62. The van der Waals surface area contributed by atoms with Gasteiger partial charge in [0.2, 0.25) is 0 Å². The maximum absolute atomic E-state index is 12.0. The molecule has 156 valence electrons. The maximum atomic E-state index is 12.0. The van der Waals surface area contributed by atoms with E-state index >= 15 is 0 Å². The smallest absolute Gasteiger partial charge is 0.271 e. The van der Waals surface area contributed by atoms with E-state index in [-0.39, 0.29) is 17.6 Å². The Hall–Kier alpha value is -3.47. The predicted octanol–water partition coefficient (Wildman–Crippen LogP) is 2.84. The summed E-state index contributed by atoms with van der Waals surface area (Å²) in [4.78, 5) is 22.7. The highest BCUT2D eigenvalue weighted by Gasteiger charge is 2.46. The van der Waals surface area contributed by atoms with Crippen LogP contribution in [0.3, 0.4) is 0 Å². The van der Waals surface area contributed by atoms with Crippen molar-refractivity contribution >= 4 is 17.3 Å². The maximum Gasteiger partial charge on any atom is 0.271 e. The van der Waals surface area contributed by atoms with Crippen molar-refractivity contribution in [1.82, 2.24) is 25.1 Å². The molecule has 0 aliphatic carbocycles. The highest BCUT2D eigenvalue weighted by Crippen LogP contribution is 2.36. The van der Waals surface area contributed by atoms with Crippen LogP contribution in [0, 0.1) is 18.3 Å². The number of nitrogens with one attached hydrogen (secondary N) is 1. The molecule has 0 aromatic carbocycles. The number of anilines is 1. The van der Waals surface area contributed by atoms with Gasteiger partial charge in [-0.05, 0) is 33.3 Å². The molecule has 8 heteroatoms. The first-order valence-corrected chi connectivity index (χ1v) is 9.94. The van der Waals surface area contributed by atoms with E-state index in [1.54, 1.807) is 6.20 Å². The quantitative estimate of drug-likeness (QED) is 0.711. The van der Waals surface area contributed by atoms with Gasteiger partial charge in [-0.15, -0.1) is 0 Å². The number of carbonyl (C=O) groups is 1. The first kappa shape index (κ1) is 21.2. The van der Waals surface area contributed by atoms with Crippen molar-refractivity contribution in [2.45, 2.75) is 45.7 Å². The Labute approximate surface area is 176 Å². The molecule has 8 nitrogen and oxygen atoms in total. The van der Waals surface area contributed by atoms with Crippen LogP contribution in [-0.4, -0.2) is 44.8 Å². The van der Waals surface area contributed by atoms with Crippen molar-refractivity contribution in [2.75, 3.05) is 18.0 Å². The molecule has 1 aliphatic heterocycles. The Morgan fingerprint density at radius 1 is 1.40 bits per heavy atom. The van der Waals surface area contributed by atoms with Crippen LogP contribution in [0.15, 0.2) is 37.3 Å². The average molecular weight is 406 g/mol. The SMILES string of the molecule is C=C/C(=C\C)c1cn(C2(CC#N)CN(c3cnc(C(=O)NC(C)C)cn3)C2)nc1C. The lowest BCUT2D eigenvalue weighted by atomic mass is 9.87. The second kappa shape index (κ2) is 8.49. The van der Waals surface area contributed by atoms with Crippen LogP contribution >= 0.6 is 0 Å². The van der Waals surface area contributed by atoms with Gasteiger partial charge in [0.15, 0.2) is 0 Å². The van der Waals surface area contributed by atoms with Crippen LogP contribution in [-0.2, 0) is 5.54 Å². The number of nitriles is 1. The van der Waals surface area contributed by atoms with E-state index in [0.29, 0.717) is 25.3 Å². The number of aryl methyl sites for hydroxylation is 1. The number of aromatic nitrogens is 4. The molecule has 2 aromatic heterocycles. The van der Waals surface area contributed by atoms with E-state index in [4.69, 9.17) is 5.10 Å². The van der Waals surface area contributed by atoms with E-state index in [1.807, 2.05) is 55.6 Å². The average Bonchev–Trinajstić information content (AvgIpc) is 3.07. The summed E-state index contributed by atoms with van der Waals surface area (Å²) in [6, 6.07) is 2.33. The Balaban J connectivity index is 1.79. The molecular weight excluding hydrogens is 378 g/mol. The molecule has 0 unspecified atom stereocenters. The van der Waals surface area contributed by atoms with Crippen molar-refractivity contribution in [3.8, 4) is 6.07 Å². The number of rotatable bonds is 7. The van der Waals surface area contributed by atoms with E-state index in [0.717, 1.165) is 16.8 Å². The molecule has 0 radical (unpaired) electrons. The van der Waals surface area contributed by atoms with Gasteiger partial charge in [0.25, 0.3) is 5.91 Å². The van der Waals surface area contributed by atoms with Crippen LogP contribution in [0.25, 0.3) is 5.57 Å². The Morgan fingerprint density at radius 2 is 2.13 bits per heavy atom. The molecule has 3 heterocycles. The standard InChI is InChI=1S/C22H27N7O/c1-6-17(7-2)18-12-29(27-16(18)5)22(8-9-23)13-28(14-22)20-11-24-19(10-25-20)21(30)26-15(3)4/h6-7,10-12,15H,1,8,13-14H2,2-5H3,(H,26,30)/b17-7+. The molecule has 0 spiro atoms. The summed E-state index contributed by atoms with van der Waals surface area (Å²) < 4.78 is 1.91. The molecule has 3 rings (SSSR count). The summed E-state index contributed by atoms with van der Waals surface area (Å²) in [6.45, 7) is 12.8. The Morgan fingerprint density at radius 3 is 2.67 bits per heavy atom. The van der Waals surface area contributed by atoms with Crippen LogP contribution in [0.4, 0.5) is 5.82 Å². The van der Waals surface area contributed by atoms with Gasteiger partial charge in [0.1, 0.15) is 17.1 Å². The normalized spacial score (nSPS) is 15.5. The second-order valence-electron chi connectivity index (χ2n) is 7.82. The zero-order valence-corrected chi connectivity index (χ0v) is 17.9. The summed E-state index contributed by atoms with van der Waals surface area (Å²) in [6.07, 6.45) is 9.22. The third-order valence-corrected chi connectivity index (χ3v) is 5.22. The van der Waals surface area contributed by atoms with Gasteiger partial charge in [-0.3, -0.25) is 9.48 Å². The first-order chi connectivity index (χ1) is 14.3. The largest absolute Gasteiger partial charge is 0.350 e. The fourth-order valence-electron chi connectivity index (χ4n) is 3.62. The van der Waals surface area contributed by atoms with E-state index in [1.165, 1.54) is 6.20 Å². The molecule has 1 amide bonds. The molecule has 2 aromatic rings. The Bertz CT molecular complexity index is 1010. The molecule has 1 N–H and O–H groups in total. The molecule has 1 fully saturated rings. The summed E-state index contributed by atoms with van der Waals surface area (Å²) in [5.41, 5.74) is 2.80. The minimum atomic E-state index is -0.423. The van der Waals surface area contributed by atoms with Crippen molar-refractivity contribution in [2.24, 2.45) is 0 Å². The van der Waals surface area contributed by atoms with Gasteiger partial charge in [0.05, 0.1) is 30.6 Å². The summed E-state index contributed by atoms with van der Waals surface area (Å²) in [5, 5.41) is 16.9. The van der Waals surface area contributed by atoms with Gasteiger partial charge in [-0.1, -0.05) is 18.7 Å². The molecule has 1 saturated heterocycles. The van der Waals surface area contributed by atoms with E-state index in [2.05, 4.69) is 27.9 Å². The minimum Gasteiger partial charge on any atom is -0.350 e. The van der Waals surface area contributed by atoms with Crippen LogP contribution < -0.4 is 10.2 Å². The third kappa shape index (κ3) is 3.96. The third-order valence-electron chi connectivity index (χ3n) is 5.22. The second-order valence-corrected chi connectivity index (χ2v) is 7.82. The van der Waals surface area contributed by atoms with Crippen molar-refractivity contribution in [3.63, 3.8) is 0 Å². The Kier molecular flexibility index (Phi) is 6.01. The van der Waals surface area contributed by atoms with Crippen molar-refractivity contribution in [1.29, 1.82) is 5.26 Å². The highest BCUT2D eigenvalue weighted by atomic mass is 16.1. The van der Waals surface area contributed by atoms with Gasteiger partial charge < -0.3 is 10.2 Å².